The number of phenolic OH excluding ortho intramolecular Hbond substituents is 2. The molecule has 2 heteroatoms. The summed E-state index contributed by atoms with van der Waals surface area (Å²) >= 11 is 0. The van der Waals surface area contributed by atoms with Gasteiger partial charge in [-0.15, -0.1) is 0 Å². The quantitative estimate of drug-likeness (QED) is 0.497. The molecule has 0 unspecified atom stereocenters. The Hall–Kier alpha value is -1.70. The number of rotatable bonds is 2. The van der Waals surface area contributed by atoms with Gasteiger partial charge in [0.05, 0.1) is 0 Å². The molecule has 2 nitrogen and oxygen atoms in total. The molecule has 0 atom stereocenters. The molecule has 8 fully saturated rings. The van der Waals surface area contributed by atoms with Gasteiger partial charge in [-0.1, -0.05) is 18.2 Å². The monoisotopic (exact) mass is 428 g/mol. The first-order valence-corrected chi connectivity index (χ1v) is 13.5. The smallest absolute Gasteiger partial charge is 0.127 e. The highest BCUT2D eigenvalue weighted by molar-refractivity contribution is 5.97. The molecular formula is C30H36O2. The van der Waals surface area contributed by atoms with E-state index in [0.29, 0.717) is 11.5 Å². The largest absolute Gasteiger partial charge is 0.507 e. The molecule has 2 aromatic carbocycles. The number of benzene rings is 2. The van der Waals surface area contributed by atoms with Crippen molar-refractivity contribution < 1.29 is 10.2 Å². The molecule has 8 saturated carbocycles. The Balaban J connectivity index is 1.34. The number of hydrogen-bond donors (Lipinski definition) is 2. The number of phenols is 2. The number of hydrogen-bond acceptors (Lipinski definition) is 2. The first-order valence-electron chi connectivity index (χ1n) is 13.5. The van der Waals surface area contributed by atoms with Crippen LogP contribution in [0.2, 0.25) is 0 Å². The fraction of sp³-hybridized carbons (Fsp3) is 0.667. The topological polar surface area (TPSA) is 40.5 Å². The molecule has 8 aliphatic carbocycles. The van der Waals surface area contributed by atoms with Crippen LogP contribution in [0.25, 0.3) is 10.8 Å². The van der Waals surface area contributed by atoms with Crippen LogP contribution < -0.4 is 0 Å². The lowest BCUT2D eigenvalue weighted by molar-refractivity contribution is -0.00660. The molecule has 0 heterocycles. The minimum absolute atomic E-state index is 0.0963. The zero-order valence-electron chi connectivity index (χ0n) is 19.2. The van der Waals surface area contributed by atoms with Gasteiger partial charge in [-0.05, 0) is 135 Å². The first kappa shape index (κ1) is 18.7. The van der Waals surface area contributed by atoms with Gasteiger partial charge in [0, 0.05) is 16.3 Å². The van der Waals surface area contributed by atoms with E-state index in [4.69, 9.17) is 0 Å². The van der Waals surface area contributed by atoms with Crippen molar-refractivity contribution in [2.45, 2.75) is 87.9 Å². The summed E-state index contributed by atoms with van der Waals surface area (Å²) in [6, 6.07) is 8.48. The molecule has 8 aliphatic rings. The third kappa shape index (κ3) is 2.37. The van der Waals surface area contributed by atoms with Gasteiger partial charge in [-0.2, -0.15) is 0 Å². The van der Waals surface area contributed by atoms with Gasteiger partial charge in [-0.25, -0.2) is 0 Å². The second kappa shape index (κ2) is 6.05. The second-order valence-corrected chi connectivity index (χ2v) is 13.4. The highest BCUT2D eigenvalue weighted by atomic mass is 16.3. The van der Waals surface area contributed by atoms with Crippen LogP contribution in [0.4, 0.5) is 0 Å². The summed E-state index contributed by atoms with van der Waals surface area (Å²) < 4.78 is 0. The van der Waals surface area contributed by atoms with Crippen LogP contribution in [0.1, 0.15) is 88.2 Å². The van der Waals surface area contributed by atoms with E-state index < -0.39 is 0 Å². The van der Waals surface area contributed by atoms with Gasteiger partial charge in [0.25, 0.3) is 0 Å². The van der Waals surface area contributed by atoms with Gasteiger partial charge in [0.2, 0.25) is 0 Å². The van der Waals surface area contributed by atoms with Crippen molar-refractivity contribution in [2.75, 3.05) is 0 Å². The molecule has 8 bridgehead atoms. The van der Waals surface area contributed by atoms with E-state index in [0.717, 1.165) is 51.8 Å². The molecule has 0 spiro atoms. The highest BCUT2D eigenvalue weighted by Gasteiger charge is 2.54. The maximum atomic E-state index is 12.0. The van der Waals surface area contributed by atoms with Crippen LogP contribution in [-0.2, 0) is 10.8 Å². The van der Waals surface area contributed by atoms with E-state index in [1.165, 1.54) is 82.6 Å². The maximum Gasteiger partial charge on any atom is 0.127 e. The molecule has 10 rings (SSSR count). The Morgan fingerprint density at radius 2 is 1.03 bits per heavy atom. The van der Waals surface area contributed by atoms with E-state index in [1.807, 2.05) is 12.1 Å². The fourth-order valence-corrected chi connectivity index (χ4v) is 11.2. The van der Waals surface area contributed by atoms with E-state index in [1.54, 1.807) is 0 Å². The van der Waals surface area contributed by atoms with Gasteiger partial charge in [0.15, 0.2) is 0 Å². The van der Waals surface area contributed by atoms with E-state index in [2.05, 4.69) is 12.1 Å². The zero-order chi connectivity index (χ0) is 21.2. The van der Waals surface area contributed by atoms with Crippen LogP contribution >= 0.6 is 0 Å². The third-order valence-electron chi connectivity index (χ3n) is 11.3. The Labute approximate surface area is 191 Å². The van der Waals surface area contributed by atoms with E-state index >= 15 is 0 Å². The molecule has 32 heavy (non-hydrogen) atoms. The minimum atomic E-state index is 0.0963. The summed E-state index contributed by atoms with van der Waals surface area (Å²) in [7, 11) is 0. The lowest BCUT2D eigenvalue weighted by Gasteiger charge is -2.58. The van der Waals surface area contributed by atoms with Crippen molar-refractivity contribution in [2.24, 2.45) is 35.5 Å². The molecule has 0 saturated heterocycles. The summed E-state index contributed by atoms with van der Waals surface area (Å²) in [5.41, 5.74) is 2.78. The summed E-state index contributed by atoms with van der Waals surface area (Å²) in [4.78, 5) is 0. The van der Waals surface area contributed by atoms with Gasteiger partial charge >= 0.3 is 0 Å². The highest BCUT2D eigenvalue weighted by Crippen LogP contribution is 2.65. The van der Waals surface area contributed by atoms with E-state index in [9.17, 15) is 10.2 Å². The van der Waals surface area contributed by atoms with Crippen molar-refractivity contribution in [3.63, 3.8) is 0 Å². The Morgan fingerprint density at radius 3 is 1.50 bits per heavy atom. The molecule has 0 radical (unpaired) electrons. The van der Waals surface area contributed by atoms with Crippen LogP contribution in [0.5, 0.6) is 11.5 Å². The minimum Gasteiger partial charge on any atom is -0.507 e. The lowest BCUT2D eigenvalue weighted by atomic mass is 9.47. The molecule has 2 N–H and O–H groups in total. The average molecular weight is 429 g/mol. The van der Waals surface area contributed by atoms with Crippen molar-refractivity contribution in [1.29, 1.82) is 0 Å². The number of aromatic hydroxyl groups is 2. The third-order valence-corrected chi connectivity index (χ3v) is 11.3. The van der Waals surface area contributed by atoms with Crippen LogP contribution in [0, 0.1) is 35.5 Å². The van der Waals surface area contributed by atoms with Gasteiger partial charge in [-0.3, -0.25) is 0 Å². The van der Waals surface area contributed by atoms with Crippen molar-refractivity contribution in [1.82, 2.24) is 0 Å². The molecule has 0 amide bonds. The Morgan fingerprint density at radius 1 is 0.594 bits per heavy atom. The van der Waals surface area contributed by atoms with Crippen molar-refractivity contribution in [3.05, 3.63) is 35.4 Å². The first-order chi connectivity index (χ1) is 15.5. The molecule has 168 valence electrons. The van der Waals surface area contributed by atoms with Crippen LogP contribution in [0.15, 0.2) is 24.3 Å². The van der Waals surface area contributed by atoms with Crippen molar-refractivity contribution in [3.8, 4) is 11.5 Å². The predicted octanol–water partition coefficient (Wildman–Crippen LogP) is 7.19. The summed E-state index contributed by atoms with van der Waals surface area (Å²) in [6.07, 6.45) is 16.0. The predicted molar refractivity (Wildman–Crippen MR) is 127 cm³/mol. The average Bonchev–Trinajstić information content (AvgIpc) is 2.74. The summed E-state index contributed by atoms with van der Waals surface area (Å²) in [6.45, 7) is 0. The zero-order valence-corrected chi connectivity index (χ0v) is 19.2. The second-order valence-electron chi connectivity index (χ2n) is 13.4. The van der Waals surface area contributed by atoms with Crippen molar-refractivity contribution >= 4 is 10.8 Å². The fourth-order valence-electron chi connectivity index (χ4n) is 11.2. The lowest BCUT2D eigenvalue weighted by Crippen LogP contribution is -2.49. The molecule has 0 aliphatic heterocycles. The molecular weight excluding hydrogens is 392 g/mol. The number of fused-ring (bicyclic) bond motifs is 1. The summed E-state index contributed by atoms with van der Waals surface area (Å²) in [5.74, 6) is 6.04. The van der Waals surface area contributed by atoms with Crippen LogP contribution in [-0.4, -0.2) is 10.2 Å². The van der Waals surface area contributed by atoms with Gasteiger partial charge < -0.3 is 10.2 Å². The maximum absolute atomic E-state index is 12.0. The standard InChI is InChI=1S/C30H36O2/c31-26-10-25(30-14-20-7-21(15-30)9-22(8-20)16-30)28(32)27-23(26)2-1-3-24(27)29-11-17-4-18(12-29)6-19(5-17)13-29/h1-3,10,17-22,31-32H,4-9,11-16H2. The SMILES string of the molecule is Oc1cc(C23CC4CC(CC(C4)C2)C3)c(O)c2c(C34CC5CC(CC(C5)C3)C4)cccc12. The van der Waals surface area contributed by atoms with Gasteiger partial charge in [0.1, 0.15) is 11.5 Å². The molecule has 2 aromatic rings. The van der Waals surface area contributed by atoms with E-state index in [-0.39, 0.29) is 10.8 Å². The Bertz CT molecular complexity index is 1060. The summed E-state index contributed by atoms with van der Waals surface area (Å²) in [5, 5.41) is 25.2. The normalized spacial score (nSPS) is 45.8. The molecule has 0 aromatic heterocycles. The Kier molecular flexibility index (Phi) is 3.53. The van der Waals surface area contributed by atoms with Crippen LogP contribution in [0.3, 0.4) is 0 Å².